The summed E-state index contributed by atoms with van der Waals surface area (Å²) in [6.45, 7) is 4.02. The molecule has 0 spiro atoms. The molecule has 1 aliphatic rings. The van der Waals surface area contributed by atoms with Gasteiger partial charge in [-0.15, -0.1) is 0 Å². The summed E-state index contributed by atoms with van der Waals surface area (Å²) in [7, 11) is 0. The second-order valence-electron chi connectivity index (χ2n) is 5.77. The highest BCUT2D eigenvalue weighted by Gasteiger charge is 2.28. The Morgan fingerprint density at radius 3 is 2.82 bits per heavy atom. The van der Waals surface area contributed by atoms with E-state index in [1.54, 1.807) is 11.8 Å². The fraction of sp³-hybridized carbons (Fsp3) is 0.500. The van der Waals surface area contributed by atoms with E-state index in [0.717, 1.165) is 12.8 Å². The van der Waals surface area contributed by atoms with Crippen LogP contribution in [0.4, 0.5) is 10.1 Å². The molecule has 1 fully saturated rings. The maximum absolute atomic E-state index is 14.0. The Labute approximate surface area is 129 Å². The second kappa shape index (κ2) is 6.87. The first-order valence-corrected chi connectivity index (χ1v) is 7.43. The quantitative estimate of drug-likeness (QED) is 0.897. The fourth-order valence-electron chi connectivity index (χ4n) is 2.73. The van der Waals surface area contributed by atoms with Crippen molar-refractivity contribution in [1.29, 1.82) is 0 Å². The Hall–Kier alpha value is -1.95. The van der Waals surface area contributed by atoms with Crippen LogP contribution in [-0.4, -0.2) is 41.0 Å². The molecule has 1 aromatic rings. The van der Waals surface area contributed by atoms with Gasteiger partial charge in [0.05, 0.1) is 11.7 Å². The minimum absolute atomic E-state index is 0.0132. The van der Waals surface area contributed by atoms with E-state index in [4.69, 9.17) is 0 Å². The van der Waals surface area contributed by atoms with E-state index >= 15 is 0 Å². The van der Waals surface area contributed by atoms with Crippen LogP contribution in [0.1, 0.15) is 37.0 Å². The van der Waals surface area contributed by atoms with Crippen molar-refractivity contribution < 1.29 is 19.1 Å². The molecule has 0 bridgehead atoms. The van der Waals surface area contributed by atoms with E-state index < -0.39 is 17.8 Å². The first kappa shape index (κ1) is 16.4. The first-order valence-electron chi connectivity index (χ1n) is 7.43. The van der Waals surface area contributed by atoms with E-state index in [0.29, 0.717) is 18.8 Å². The Balaban J connectivity index is 2.19. The van der Waals surface area contributed by atoms with Crippen LogP contribution >= 0.6 is 0 Å². The number of anilines is 1. The number of nitrogens with one attached hydrogen (secondary N) is 1. The highest BCUT2D eigenvalue weighted by atomic mass is 19.1. The van der Waals surface area contributed by atoms with E-state index in [-0.39, 0.29) is 17.4 Å². The van der Waals surface area contributed by atoms with Gasteiger partial charge in [-0.25, -0.2) is 4.39 Å². The summed E-state index contributed by atoms with van der Waals surface area (Å²) in [5, 5.41) is 12.2. The highest BCUT2D eigenvalue weighted by Crippen LogP contribution is 2.23. The molecule has 0 saturated carbocycles. The molecule has 2 unspecified atom stereocenters. The highest BCUT2D eigenvalue weighted by molar-refractivity contribution is 5.97. The molecule has 0 aliphatic carbocycles. The number of benzene rings is 1. The molecule has 22 heavy (non-hydrogen) atoms. The number of amides is 2. The molecule has 2 amide bonds. The largest absolute Gasteiger partial charge is 0.393 e. The summed E-state index contributed by atoms with van der Waals surface area (Å²) in [4.78, 5) is 25.2. The van der Waals surface area contributed by atoms with Crippen LogP contribution in [0, 0.1) is 11.7 Å². The Morgan fingerprint density at radius 1 is 1.45 bits per heavy atom. The molecule has 1 aliphatic heterocycles. The molecule has 2 rings (SSSR count). The van der Waals surface area contributed by atoms with Crippen LogP contribution in [-0.2, 0) is 4.79 Å². The molecule has 1 aromatic carbocycles. The Kier molecular flexibility index (Phi) is 5.13. The van der Waals surface area contributed by atoms with E-state index in [9.17, 15) is 19.1 Å². The monoisotopic (exact) mass is 308 g/mol. The van der Waals surface area contributed by atoms with Crippen molar-refractivity contribution in [2.75, 3.05) is 18.4 Å². The molecule has 1 heterocycles. The lowest BCUT2D eigenvalue weighted by Gasteiger charge is -2.34. The zero-order valence-corrected chi connectivity index (χ0v) is 12.8. The average Bonchev–Trinajstić information content (AvgIpc) is 2.48. The summed E-state index contributed by atoms with van der Waals surface area (Å²) < 4.78 is 14.0. The zero-order chi connectivity index (χ0) is 16.3. The van der Waals surface area contributed by atoms with Crippen LogP contribution in [0.2, 0.25) is 0 Å². The minimum atomic E-state index is -0.613. The lowest BCUT2D eigenvalue weighted by Crippen LogP contribution is -2.43. The third-order valence-electron chi connectivity index (χ3n) is 3.94. The molecule has 1 saturated heterocycles. The number of hydrogen-bond acceptors (Lipinski definition) is 3. The number of carbonyl (C=O) groups excluding carboxylic acids is 2. The Bertz CT molecular complexity index is 575. The van der Waals surface area contributed by atoms with Crippen molar-refractivity contribution in [2.45, 2.75) is 32.8 Å². The van der Waals surface area contributed by atoms with Gasteiger partial charge >= 0.3 is 0 Å². The van der Waals surface area contributed by atoms with Gasteiger partial charge in [-0.3, -0.25) is 9.59 Å². The number of piperidine rings is 1. The van der Waals surface area contributed by atoms with Gasteiger partial charge in [0.15, 0.2) is 0 Å². The van der Waals surface area contributed by atoms with Crippen molar-refractivity contribution in [3.8, 4) is 0 Å². The van der Waals surface area contributed by atoms with Gasteiger partial charge < -0.3 is 15.3 Å². The molecular weight excluding hydrogens is 287 g/mol. The van der Waals surface area contributed by atoms with E-state index in [1.165, 1.54) is 25.1 Å². The number of halogens is 1. The van der Waals surface area contributed by atoms with Crippen LogP contribution < -0.4 is 5.32 Å². The number of aliphatic hydroxyl groups is 1. The molecule has 5 nitrogen and oxygen atoms in total. The van der Waals surface area contributed by atoms with Gasteiger partial charge in [-0.05, 0) is 38.0 Å². The van der Waals surface area contributed by atoms with Crippen molar-refractivity contribution >= 4 is 17.5 Å². The minimum Gasteiger partial charge on any atom is -0.393 e. The second-order valence-corrected chi connectivity index (χ2v) is 5.77. The summed E-state index contributed by atoms with van der Waals surface area (Å²) in [5.74, 6) is -1.29. The molecule has 0 aromatic heterocycles. The number of carbonyl (C=O) groups is 2. The van der Waals surface area contributed by atoms with Crippen molar-refractivity contribution in [3.63, 3.8) is 0 Å². The van der Waals surface area contributed by atoms with Crippen LogP contribution in [0.15, 0.2) is 18.2 Å². The summed E-state index contributed by atoms with van der Waals surface area (Å²) >= 11 is 0. The standard InChI is InChI=1S/C16H21FN2O3/c1-10(20)12-4-3-7-19(9-12)16(22)14-8-13(18-11(2)21)5-6-15(14)17/h5-6,8,10,12,20H,3-4,7,9H2,1-2H3,(H,18,21). The van der Waals surface area contributed by atoms with E-state index in [1.807, 2.05) is 0 Å². The van der Waals surface area contributed by atoms with Crippen molar-refractivity contribution in [1.82, 2.24) is 4.90 Å². The number of nitrogens with zero attached hydrogens (tertiary/aromatic N) is 1. The number of aliphatic hydroxyl groups excluding tert-OH is 1. The third-order valence-corrected chi connectivity index (χ3v) is 3.94. The molecule has 6 heteroatoms. The Morgan fingerprint density at radius 2 is 2.18 bits per heavy atom. The average molecular weight is 308 g/mol. The van der Waals surface area contributed by atoms with Crippen molar-refractivity contribution in [3.05, 3.63) is 29.6 Å². The van der Waals surface area contributed by atoms with Crippen molar-refractivity contribution in [2.24, 2.45) is 5.92 Å². The summed E-state index contributed by atoms with van der Waals surface area (Å²) in [6, 6.07) is 3.95. The van der Waals surface area contributed by atoms with Crippen LogP contribution in [0.5, 0.6) is 0 Å². The molecule has 0 radical (unpaired) electrons. The maximum Gasteiger partial charge on any atom is 0.256 e. The van der Waals surface area contributed by atoms with Gasteiger partial charge in [0.25, 0.3) is 5.91 Å². The predicted molar refractivity (Wildman–Crippen MR) is 81.0 cm³/mol. The third kappa shape index (κ3) is 3.82. The fourth-order valence-corrected chi connectivity index (χ4v) is 2.73. The summed E-state index contributed by atoms with van der Waals surface area (Å²) in [6.07, 6.45) is 1.15. The number of likely N-dealkylation sites (tertiary alicyclic amines) is 1. The topological polar surface area (TPSA) is 69.6 Å². The maximum atomic E-state index is 14.0. The normalized spacial score (nSPS) is 19.6. The smallest absolute Gasteiger partial charge is 0.256 e. The zero-order valence-electron chi connectivity index (χ0n) is 12.8. The van der Waals surface area contributed by atoms with Crippen LogP contribution in [0.25, 0.3) is 0 Å². The molecule has 2 atom stereocenters. The molecule has 120 valence electrons. The van der Waals surface area contributed by atoms with Crippen LogP contribution in [0.3, 0.4) is 0 Å². The van der Waals surface area contributed by atoms with Gasteiger partial charge in [-0.1, -0.05) is 0 Å². The van der Waals surface area contributed by atoms with Gasteiger partial charge in [0, 0.05) is 31.6 Å². The SMILES string of the molecule is CC(=O)Nc1ccc(F)c(C(=O)N2CCCC(C(C)O)C2)c1. The van der Waals surface area contributed by atoms with E-state index in [2.05, 4.69) is 5.32 Å². The molecule has 2 N–H and O–H groups in total. The first-order chi connectivity index (χ1) is 10.4. The lowest BCUT2D eigenvalue weighted by atomic mass is 9.93. The predicted octanol–water partition coefficient (Wildman–Crippen LogP) is 2.02. The van der Waals surface area contributed by atoms with Gasteiger partial charge in [0.1, 0.15) is 5.82 Å². The molecular formula is C16H21FN2O3. The number of rotatable bonds is 3. The van der Waals surface area contributed by atoms with Gasteiger partial charge in [0.2, 0.25) is 5.91 Å². The lowest BCUT2D eigenvalue weighted by molar-refractivity contribution is -0.114. The number of hydrogen-bond donors (Lipinski definition) is 2. The van der Waals surface area contributed by atoms with Gasteiger partial charge in [-0.2, -0.15) is 0 Å². The summed E-state index contributed by atoms with van der Waals surface area (Å²) in [5.41, 5.74) is 0.332.